The van der Waals surface area contributed by atoms with Crippen LogP contribution in [0.25, 0.3) is 10.8 Å². The molecule has 0 bridgehead atoms. The first-order valence-corrected chi connectivity index (χ1v) is 6.10. The third-order valence-corrected chi connectivity index (χ3v) is 4.38. The molecule has 1 unspecified atom stereocenters. The Balaban J connectivity index is 2.24. The molecule has 0 amide bonds. The number of aromatic nitrogens is 1. The Morgan fingerprint density at radius 2 is 2.06 bits per heavy atom. The van der Waals surface area contributed by atoms with Crippen LogP contribution in [-0.2, 0) is 5.60 Å². The predicted molar refractivity (Wildman–Crippen MR) is 68.7 cm³/mol. The van der Waals surface area contributed by atoms with E-state index in [0.29, 0.717) is 0 Å². The summed E-state index contributed by atoms with van der Waals surface area (Å²) in [5.74, 6) is 0. The van der Waals surface area contributed by atoms with Gasteiger partial charge in [0.05, 0.1) is 5.60 Å². The van der Waals surface area contributed by atoms with E-state index in [-0.39, 0.29) is 5.41 Å². The lowest BCUT2D eigenvalue weighted by atomic mass is 9.79. The van der Waals surface area contributed by atoms with Crippen molar-refractivity contribution in [3.05, 3.63) is 42.2 Å². The normalized spacial score (nSPS) is 21.1. The van der Waals surface area contributed by atoms with Crippen molar-refractivity contribution < 1.29 is 5.11 Å². The minimum Gasteiger partial charge on any atom is -0.385 e. The van der Waals surface area contributed by atoms with E-state index in [1.807, 2.05) is 37.4 Å². The van der Waals surface area contributed by atoms with Gasteiger partial charge in [-0.05, 0) is 36.8 Å². The first-order valence-electron chi connectivity index (χ1n) is 6.10. The minimum atomic E-state index is -0.756. The topological polar surface area (TPSA) is 33.1 Å². The summed E-state index contributed by atoms with van der Waals surface area (Å²) in [6.45, 7) is 4.10. The summed E-state index contributed by atoms with van der Waals surface area (Å²) in [5.41, 5.74) is 0.302. The van der Waals surface area contributed by atoms with E-state index >= 15 is 0 Å². The van der Waals surface area contributed by atoms with E-state index in [0.717, 1.165) is 29.2 Å². The van der Waals surface area contributed by atoms with Gasteiger partial charge >= 0.3 is 0 Å². The monoisotopic (exact) mass is 227 g/mol. The number of pyridine rings is 1. The molecule has 2 heteroatoms. The van der Waals surface area contributed by atoms with Gasteiger partial charge in [-0.2, -0.15) is 0 Å². The fraction of sp³-hybridized carbons (Fsp3) is 0.400. The Bertz CT molecular complexity index is 565. The molecule has 2 aromatic rings. The molecule has 2 nitrogen and oxygen atoms in total. The molecule has 1 aromatic carbocycles. The molecule has 1 atom stereocenters. The molecule has 1 heterocycles. The zero-order valence-corrected chi connectivity index (χ0v) is 10.3. The van der Waals surface area contributed by atoms with E-state index in [2.05, 4.69) is 11.9 Å². The first kappa shape index (κ1) is 10.7. The van der Waals surface area contributed by atoms with Gasteiger partial charge in [0.15, 0.2) is 0 Å². The summed E-state index contributed by atoms with van der Waals surface area (Å²) in [7, 11) is 0. The lowest BCUT2D eigenvalue weighted by molar-refractivity contribution is -0.0112. The second kappa shape index (κ2) is 3.30. The molecule has 1 fully saturated rings. The van der Waals surface area contributed by atoms with Crippen molar-refractivity contribution in [2.45, 2.75) is 32.3 Å². The molecule has 0 radical (unpaired) electrons. The standard InChI is InChI=1S/C15H17NO/c1-14(7-8-14)15(2,17)13-5-3-4-11-10-16-9-6-12(11)13/h3-6,9-10,17H,7-8H2,1-2H3. The van der Waals surface area contributed by atoms with Gasteiger partial charge in [-0.3, -0.25) is 4.98 Å². The van der Waals surface area contributed by atoms with Crippen LogP contribution in [0.5, 0.6) is 0 Å². The first-order chi connectivity index (χ1) is 8.05. The largest absolute Gasteiger partial charge is 0.385 e. The van der Waals surface area contributed by atoms with E-state index < -0.39 is 5.60 Å². The highest BCUT2D eigenvalue weighted by Crippen LogP contribution is 2.58. The number of benzene rings is 1. The second-order valence-corrected chi connectivity index (χ2v) is 5.54. The molecule has 0 saturated heterocycles. The van der Waals surface area contributed by atoms with Crippen molar-refractivity contribution in [1.29, 1.82) is 0 Å². The second-order valence-electron chi connectivity index (χ2n) is 5.54. The Hall–Kier alpha value is -1.41. The fourth-order valence-corrected chi connectivity index (χ4v) is 2.55. The molecule has 0 aliphatic heterocycles. The third kappa shape index (κ3) is 1.48. The van der Waals surface area contributed by atoms with Gasteiger partial charge in [0.25, 0.3) is 0 Å². The molecule has 3 rings (SSSR count). The minimum absolute atomic E-state index is 0.0323. The highest BCUT2D eigenvalue weighted by Gasteiger charge is 2.53. The van der Waals surface area contributed by atoms with E-state index in [9.17, 15) is 5.11 Å². The Labute approximate surface area is 101 Å². The molecule has 1 aliphatic rings. The molecule has 88 valence electrons. The molecule has 17 heavy (non-hydrogen) atoms. The zero-order valence-electron chi connectivity index (χ0n) is 10.3. The van der Waals surface area contributed by atoms with Crippen LogP contribution in [-0.4, -0.2) is 10.1 Å². The highest BCUT2D eigenvalue weighted by atomic mass is 16.3. The maximum atomic E-state index is 10.9. The van der Waals surface area contributed by atoms with E-state index in [4.69, 9.17) is 0 Å². The number of rotatable bonds is 2. The van der Waals surface area contributed by atoms with Gasteiger partial charge in [0, 0.05) is 23.2 Å². The zero-order chi connectivity index (χ0) is 12.1. The average molecular weight is 227 g/mol. The molecular formula is C15H17NO. The maximum absolute atomic E-state index is 10.9. The summed E-state index contributed by atoms with van der Waals surface area (Å²) in [5, 5.41) is 13.1. The quantitative estimate of drug-likeness (QED) is 0.854. The Morgan fingerprint density at radius 1 is 1.29 bits per heavy atom. The van der Waals surface area contributed by atoms with Crippen molar-refractivity contribution in [3.63, 3.8) is 0 Å². The van der Waals surface area contributed by atoms with Gasteiger partial charge in [-0.15, -0.1) is 0 Å². The van der Waals surface area contributed by atoms with Crippen LogP contribution in [0.15, 0.2) is 36.7 Å². The molecular weight excluding hydrogens is 210 g/mol. The number of aliphatic hydroxyl groups is 1. The SMILES string of the molecule is CC1(C(C)(O)c2cccc3cnccc23)CC1. The van der Waals surface area contributed by atoms with Crippen LogP contribution in [0.4, 0.5) is 0 Å². The smallest absolute Gasteiger partial charge is 0.0927 e. The van der Waals surface area contributed by atoms with E-state index in [1.54, 1.807) is 6.20 Å². The molecule has 1 N–H and O–H groups in total. The van der Waals surface area contributed by atoms with Crippen molar-refractivity contribution >= 4 is 10.8 Å². The van der Waals surface area contributed by atoms with Gasteiger partial charge in [-0.1, -0.05) is 25.1 Å². The Kier molecular flexibility index (Phi) is 2.08. The number of hydrogen-bond donors (Lipinski definition) is 1. The predicted octanol–water partition coefficient (Wildman–Crippen LogP) is 3.24. The van der Waals surface area contributed by atoms with Crippen LogP contribution >= 0.6 is 0 Å². The van der Waals surface area contributed by atoms with E-state index in [1.165, 1.54) is 0 Å². The number of nitrogens with zero attached hydrogens (tertiary/aromatic N) is 1. The van der Waals surface area contributed by atoms with Crippen molar-refractivity contribution in [1.82, 2.24) is 4.98 Å². The summed E-state index contributed by atoms with van der Waals surface area (Å²) >= 11 is 0. The molecule has 0 spiro atoms. The Morgan fingerprint density at radius 3 is 2.76 bits per heavy atom. The maximum Gasteiger partial charge on any atom is 0.0927 e. The summed E-state index contributed by atoms with van der Waals surface area (Å²) in [6, 6.07) is 8.06. The third-order valence-electron chi connectivity index (χ3n) is 4.38. The van der Waals surface area contributed by atoms with Gasteiger partial charge in [0.2, 0.25) is 0 Å². The summed E-state index contributed by atoms with van der Waals surface area (Å²) in [4.78, 5) is 4.13. The van der Waals surface area contributed by atoms with Crippen LogP contribution in [0, 0.1) is 5.41 Å². The van der Waals surface area contributed by atoms with Crippen LogP contribution < -0.4 is 0 Å². The highest BCUT2D eigenvalue weighted by molar-refractivity contribution is 5.85. The van der Waals surface area contributed by atoms with Crippen LogP contribution in [0.3, 0.4) is 0 Å². The van der Waals surface area contributed by atoms with Crippen LogP contribution in [0.1, 0.15) is 32.3 Å². The van der Waals surface area contributed by atoms with Crippen LogP contribution in [0.2, 0.25) is 0 Å². The molecule has 1 saturated carbocycles. The van der Waals surface area contributed by atoms with Gasteiger partial charge in [-0.25, -0.2) is 0 Å². The van der Waals surface area contributed by atoms with Gasteiger partial charge in [0.1, 0.15) is 0 Å². The molecule has 1 aliphatic carbocycles. The molecule has 1 aromatic heterocycles. The van der Waals surface area contributed by atoms with Gasteiger partial charge < -0.3 is 5.11 Å². The number of hydrogen-bond acceptors (Lipinski definition) is 2. The lowest BCUT2D eigenvalue weighted by Crippen LogP contribution is -2.31. The van der Waals surface area contributed by atoms with Crippen molar-refractivity contribution in [2.24, 2.45) is 5.41 Å². The summed E-state index contributed by atoms with van der Waals surface area (Å²) < 4.78 is 0. The van der Waals surface area contributed by atoms with Crippen molar-refractivity contribution in [2.75, 3.05) is 0 Å². The average Bonchev–Trinajstić information content (AvgIpc) is 3.08. The lowest BCUT2D eigenvalue weighted by Gasteiger charge is -2.32. The summed E-state index contributed by atoms with van der Waals surface area (Å²) in [6.07, 6.45) is 5.84. The number of fused-ring (bicyclic) bond motifs is 1. The fourth-order valence-electron chi connectivity index (χ4n) is 2.55. The van der Waals surface area contributed by atoms with Crippen molar-refractivity contribution in [3.8, 4) is 0 Å².